The SMILES string of the molecule is CC(NC(=O)CSc1nncn1-c1ccccc1)c1ccc(Cl)cc1. The highest BCUT2D eigenvalue weighted by molar-refractivity contribution is 7.99. The Kier molecular flexibility index (Phi) is 5.73. The molecular formula is C18H17ClN4OS. The van der Waals surface area contributed by atoms with Crippen LogP contribution < -0.4 is 5.32 Å². The first kappa shape index (κ1) is 17.5. The predicted octanol–water partition coefficient (Wildman–Crippen LogP) is 3.89. The third-order valence-corrected chi connectivity index (χ3v) is 4.83. The van der Waals surface area contributed by atoms with E-state index in [-0.39, 0.29) is 17.7 Å². The second-order valence-corrected chi connectivity index (χ2v) is 6.83. The number of hydrogen-bond acceptors (Lipinski definition) is 4. The van der Waals surface area contributed by atoms with Crippen LogP contribution in [0.2, 0.25) is 5.02 Å². The number of thioether (sulfide) groups is 1. The van der Waals surface area contributed by atoms with E-state index in [1.165, 1.54) is 11.8 Å². The fourth-order valence-corrected chi connectivity index (χ4v) is 3.20. The summed E-state index contributed by atoms with van der Waals surface area (Å²) in [6.45, 7) is 1.94. The zero-order valence-electron chi connectivity index (χ0n) is 13.6. The molecule has 1 amide bonds. The van der Waals surface area contributed by atoms with Gasteiger partial charge in [-0.25, -0.2) is 0 Å². The first-order valence-corrected chi connectivity index (χ1v) is 9.13. The molecule has 0 aliphatic heterocycles. The molecule has 0 saturated carbocycles. The molecule has 2 aromatic carbocycles. The van der Waals surface area contributed by atoms with Crippen molar-refractivity contribution in [2.45, 2.75) is 18.1 Å². The number of para-hydroxylation sites is 1. The fourth-order valence-electron chi connectivity index (χ4n) is 2.34. The number of carbonyl (C=O) groups is 1. The van der Waals surface area contributed by atoms with Gasteiger partial charge in [0.05, 0.1) is 11.8 Å². The molecule has 25 heavy (non-hydrogen) atoms. The summed E-state index contributed by atoms with van der Waals surface area (Å²) >= 11 is 7.24. The van der Waals surface area contributed by atoms with Crippen LogP contribution in [0.4, 0.5) is 0 Å². The fraction of sp³-hybridized carbons (Fsp3) is 0.167. The Bertz CT molecular complexity index is 836. The van der Waals surface area contributed by atoms with Crippen molar-refractivity contribution >= 4 is 29.3 Å². The topological polar surface area (TPSA) is 59.8 Å². The second kappa shape index (κ2) is 8.18. The smallest absolute Gasteiger partial charge is 0.230 e. The van der Waals surface area contributed by atoms with Crippen molar-refractivity contribution in [1.82, 2.24) is 20.1 Å². The zero-order chi connectivity index (χ0) is 17.6. The molecule has 1 aromatic heterocycles. The van der Waals surface area contributed by atoms with Crippen molar-refractivity contribution < 1.29 is 4.79 Å². The number of nitrogens with zero attached hydrogens (tertiary/aromatic N) is 3. The summed E-state index contributed by atoms with van der Waals surface area (Å²) in [6, 6.07) is 17.1. The van der Waals surface area contributed by atoms with E-state index in [2.05, 4.69) is 15.5 Å². The molecule has 0 radical (unpaired) electrons. The van der Waals surface area contributed by atoms with Gasteiger partial charge in [0.15, 0.2) is 5.16 Å². The van der Waals surface area contributed by atoms with Gasteiger partial charge in [-0.3, -0.25) is 9.36 Å². The van der Waals surface area contributed by atoms with E-state index >= 15 is 0 Å². The van der Waals surface area contributed by atoms with Gasteiger partial charge in [0.2, 0.25) is 5.91 Å². The maximum atomic E-state index is 12.2. The quantitative estimate of drug-likeness (QED) is 0.667. The molecule has 0 aliphatic carbocycles. The van der Waals surface area contributed by atoms with Crippen LogP contribution in [0, 0.1) is 0 Å². The van der Waals surface area contributed by atoms with Crippen molar-refractivity contribution in [3.8, 4) is 5.69 Å². The molecule has 0 spiro atoms. The van der Waals surface area contributed by atoms with Crippen molar-refractivity contribution in [2.24, 2.45) is 0 Å². The summed E-state index contributed by atoms with van der Waals surface area (Å²) in [6.07, 6.45) is 1.64. The second-order valence-electron chi connectivity index (χ2n) is 5.45. The van der Waals surface area contributed by atoms with Crippen molar-refractivity contribution in [3.05, 3.63) is 71.5 Å². The Hall–Kier alpha value is -2.31. The first-order valence-electron chi connectivity index (χ1n) is 7.76. The monoisotopic (exact) mass is 372 g/mol. The average Bonchev–Trinajstić information content (AvgIpc) is 3.10. The van der Waals surface area contributed by atoms with Crippen molar-refractivity contribution in [2.75, 3.05) is 5.75 Å². The summed E-state index contributed by atoms with van der Waals surface area (Å²) in [5.41, 5.74) is 1.97. The molecule has 0 aliphatic rings. The van der Waals surface area contributed by atoms with Gasteiger partial charge in [-0.05, 0) is 36.8 Å². The minimum Gasteiger partial charge on any atom is -0.349 e. The van der Waals surface area contributed by atoms with Gasteiger partial charge in [0.1, 0.15) is 6.33 Å². The van der Waals surface area contributed by atoms with Gasteiger partial charge >= 0.3 is 0 Å². The lowest BCUT2D eigenvalue weighted by Gasteiger charge is -2.14. The number of benzene rings is 2. The molecule has 3 rings (SSSR count). The molecule has 5 nitrogen and oxygen atoms in total. The van der Waals surface area contributed by atoms with Crippen molar-refractivity contribution in [1.29, 1.82) is 0 Å². The van der Waals surface area contributed by atoms with Crippen LogP contribution in [-0.2, 0) is 4.79 Å². The van der Waals surface area contributed by atoms with E-state index in [1.807, 2.05) is 66.1 Å². The van der Waals surface area contributed by atoms with Crippen LogP contribution in [0.5, 0.6) is 0 Å². The molecular weight excluding hydrogens is 356 g/mol. The highest BCUT2D eigenvalue weighted by atomic mass is 35.5. The standard InChI is InChI=1S/C18H17ClN4OS/c1-13(14-7-9-15(19)10-8-14)21-17(24)11-25-18-22-20-12-23(18)16-5-3-2-4-6-16/h2-10,12-13H,11H2,1H3,(H,21,24). The molecule has 0 fully saturated rings. The maximum absolute atomic E-state index is 12.2. The zero-order valence-corrected chi connectivity index (χ0v) is 15.2. The summed E-state index contributed by atoms with van der Waals surface area (Å²) in [4.78, 5) is 12.2. The Morgan fingerprint density at radius 3 is 2.64 bits per heavy atom. The lowest BCUT2D eigenvalue weighted by atomic mass is 10.1. The normalized spacial score (nSPS) is 11.9. The van der Waals surface area contributed by atoms with Crippen LogP contribution in [0.25, 0.3) is 5.69 Å². The van der Waals surface area contributed by atoms with Crippen LogP contribution in [0.1, 0.15) is 18.5 Å². The van der Waals surface area contributed by atoms with E-state index < -0.39 is 0 Å². The molecule has 3 aromatic rings. The molecule has 1 heterocycles. The number of rotatable bonds is 6. The Morgan fingerprint density at radius 2 is 1.92 bits per heavy atom. The summed E-state index contributed by atoms with van der Waals surface area (Å²) in [7, 11) is 0. The Morgan fingerprint density at radius 1 is 1.20 bits per heavy atom. The van der Waals surface area contributed by atoms with Crippen LogP contribution in [-0.4, -0.2) is 26.4 Å². The molecule has 1 atom stereocenters. The average molecular weight is 373 g/mol. The number of nitrogens with one attached hydrogen (secondary N) is 1. The van der Waals surface area contributed by atoms with E-state index in [0.717, 1.165) is 11.3 Å². The van der Waals surface area contributed by atoms with Gasteiger partial charge < -0.3 is 5.32 Å². The largest absolute Gasteiger partial charge is 0.349 e. The van der Waals surface area contributed by atoms with Gasteiger partial charge in [-0.15, -0.1) is 10.2 Å². The highest BCUT2D eigenvalue weighted by Gasteiger charge is 2.13. The number of hydrogen-bond donors (Lipinski definition) is 1. The third kappa shape index (κ3) is 4.61. The van der Waals surface area contributed by atoms with Gasteiger partial charge in [0, 0.05) is 10.7 Å². The van der Waals surface area contributed by atoms with E-state index in [0.29, 0.717) is 10.2 Å². The first-order chi connectivity index (χ1) is 12.1. The summed E-state index contributed by atoms with van der Waals surface area (Å²) in [5, 5.41) is 12.4. The van der Waals surface area contributed by atoms with E-state index in [1.54, 1.807) is 6.33 Å². The number of aromatic nitrogens is 3. The van der Waals surface area contributed by atoms with Gasteiger partial charge in [-0.2, -0.15) is 0 Å². The molecule has 0 bridgehead atoms. The van der Waals surface area contributed by atoms with Gasteiger partial charge in [-0.1, -0.05) is 53.7 Å². The number of carbonyl (C=O) groups excluding carboxylic acids is 1. The number of amides is 1. The van der Waals surface area contributed by atoms with Crippen LogP contribution >= 0.6 is 23.4 Å². The Labute approximate surface area is 155 Å². The predicted molar refractivity (Wildman–Crippen MR) is 100 cm³/mol. The van der Waals surface area contributed by atoms with E-state index in [9.17, 15) is 4.79 Å². The minimum atomic E-state index is -0.0858. The maximum Gasteiger partial charge on any atom is 0.230 e. The van der Waals surface area contributed by atoms with E-state index in [4.69, 9.17) is 11.6 Å². The lowest BCUT2D eigenvalue weighted by Crippen LogP contribution is -2.28. The molecule has 7 heteroatoms. The lowest BCUT2D eigenvalue weighted by molar-refractivity contribution is -0.119. The highest BCUT2D eigenvalue weighted by Crippen LogP contribution is 2.20. The molecule has 128 valence electrons. The minimum absolute atomic E-state index is 0.0601. The Balaban J connectivity index is 1.58. The summed E-state index contributed by atoms with van der Waals surface area (Å²) < 4.78 is 1.86. The summed E-state index contributed by atoms with van der Waals surface area (Å²) in [5.74, 6) is 0.207. The van der Waals surface area contributed by atoms with Crippen LogP contribution in [0.15, 0.2) is 66.1 Å². The van der Waals surface area contributed by atoms with Crippen molar-refractivity contribution in [3.63, 3.8) is 0 Å². The number of halogens is 1. The molecule has 1 unspecified atom stereocenters. The third-order valence-electron chi connectivity index (χ3n) is 3.63. The van der Waals surface area contributed by atoms with Crippen LogP contribution in [0.3, 0.4) is 0 Å². The molecule has 1 N–H and O–H groups in total. The molecule has 0 saturated heterocycles. The van der Waals surface area contributed by atoms with Gasteiger partial charge in [0.25, 0.3) is 0 Å².